The van der Waals surface area contributed by atoms with Crippen LogP contribution in [0.15, 0.2) is 30.6 Å². The topological polar surface area (TPSA) is 30.7 Å². The first-order chi connectivity index (χ1) is 9.06. The van der Waals surface area contributed by atoms with Gasteiger partial charge in [-0.05, 0) is 12.1 Å². The van der Waals surface area contributed by atoms with Crippen LogP contribution in [0.4, 0.5) is 13.2 Å². The number of imidazole rings is 1. The third-order valence-electron chi connectivity index (χ3n) is 2.75. The van der Waals surface area contributed by atoms with E-state index in [1.807, 2.05) is 0 Å². The molecule has 0 atom stereocenters. The Morgan fingerprint density at radius 3 is 2.58 bits per heavy atom. The highest BCUT2D eigenvalue weighted by atomic mass is 19.2. The minimum Gasteiger partial charge on any atom is -0.352 e. The van der Waals surface area contributed by atoms with E-state index in [0.29, 0.717) is 5.69 Å². The molecule has 0 saturated heterocycles. The lowest BCUT2D eigenvalue weighted by atomic mass is 10.2. The first-order valence-electron chi connectivity index (χ1n) is 5.50. The van der Waals surface area contributed by atoms with Gasteiger partial charge in [0.2, 0.25) is 0 Å². The highest BCUT2D eigenvalue weighted by molar-refractivity contribution is 5.66. The molecule has 2 heterocycles. The van der Waals surface area contributed by atoms with E-state index in [0.717, 1.165) is 6.07 Å². The van der Waals surface area contributed by atoms with Gasteiger partial charge in [-0.2, -0.15) is 0 Å². The van der Waals surface area contributed by atoms with Crippen molar-refractivity contribution in [1.82, 2.24) is 14.5 Å². The second kappa shape index (κ2) is 4.08. The molecule has 2 aliphatic rings. The average molecular weight is 263 g/mol. The number of aryl methyl sites for hydroxylation is 1. The van der Waals surface area contributed by atoms with Crippen molar-refractivity contribution >= 4 is 0 Å². The molecule has 0 spiro atoms. The molecule has 0 amide bonds. The monoisotopic (exact) mass is 263 g/mol. The van der Waals surface area contributed by atoms with E-state index >= 15 is 0 Å². The molecular formula is C13H8F3N3. The molecule has 6 heteroatoms. The maximum atomic E-state index is 13.7. The van der Waals surface area contributed by atoms with E-state index in [1.165, 1.54) is 22.9 Å². The summed E-state index contributed by atoms with van der Waals surface area (Å²) in [4.78, 5) is 7.95. The maximum Gasteiger partial charge on any atom is 0.169 e. The number of pyridine rings is 1. The number of halogens is 3. The van der Waals surface area contributed by atoms with Crippen LogP contribution in [0.2, 0.25) is 0 Å². The van der Waals surface area contributed by atoms with Crippen LogP contribution in [-0.4, -0.2) is 14.5 Å². The number of fused-ring (bicyclic) bond motifs is 1. The molecule has 3 nitrogen and oxygen atoms in total. The Bertz CT molecular complexity index is 736. The van der Waals surface area contributed by atoms with E-state index in [1.54, 1.807) is 13.2 Å². The van der Waals surface area contributed by atoms with E-state index in [9.17, 15) is 13.2 Å². The van der Waals surface area contributed by atoms with Crippen molar-refractivity contribution in [2.45, 2.75) is 0 Å². The summed E-state index contributed by atoms with van der Waals surface area (Å²) >= 11 is 0. The Labute approximate surface area is 106 Å². The Morgan fingerprint density at radius 1 is 1.00 bits per heavy atom. The second-order valence-corrected chi connectivity index (χ2v) is 4.15. The highest BCUT2D eigenvalue weighted by Gasteiger charge is 2.20. The highest BCUT2D eigenvalue weighted by Crippen LogP contribution is 2.28. The summed E-state index contributed by atoms with van der Waals surface area (Å²) in [6, 6.07) is 3.71. The minimum absolute atomic E-state index is 0.0305. The minimum atomic E-state index is -1.04. The molecule has 0 bridgehead atoms. The fourth-order valence-corrected chi connectivity index (χ4v) is 1.89. The first kappa shape index (κ1) is 11.7. The molecule has 0 saturated carbocycles. The number of rotatable bonds is 1. The predicted molar refractivity (Wildman–Crippen MR) is 62.9 cm³/mol. The van der Waals surface area contributed by atoms with Gasteiger partial charge >= 0.3 is 0 Å². The van der Waals surface area contributed by atoms with Gasteiger partial charge in [0.1, 0.15) is 11.4 Å². The summed E-state index contributed by atoms with van der Waals surface area (Å²) in [5.74, 6) is -2.62. The van der Waals surface area contributed by atoms with Crippen LogP contribution in [0.1, 0.15) is 0 Å². The van der Waals surface area contributed by atoms with Crippen LogP contribution in [-0.2, 0) is 7.05 Å². The fraction of sp³-hybridized carbons (Fsp3) is 0.0769. The third-order valence-corrected chi connectivity index (χ3v) is 2.75. The van der Waals surface area contributed by atoms with Crippen molar-refractivity contribution in [2.24, 2.45) is 7.05 Å². The molecule has 2 aliphatic heterocycles. The van der Waals surface area contributed by atoms with Crippen molar-refractivity contribution in [3.05, 3.63) is 48.0 Å². The number of benzene rings is 1. The Balaban J connectivity index is 2.25. The normalized spacial score (nSPS) is 11.2. The zero-order valence-corrected chi connectivity index (χ0v) is 9.86. The molecule has 0 aliphatic carbocycles. The van der Waals surface area contributed by atoms with E-state index < -0.39 is 17.5 Å². The number of aromatic nitrogens is 3. The Hall–Kier alpha value is -2.37. The Morgan fingerprint density at radius 2 is 1.79 bits per heavy atom. The van der Waals surface area contributed by atoms with Gasteiger partial charge in [-0.1, -0.05) is 6.07 Å². The smallest absolute Gasteiger partial charge is 0.169 e. The summed E-state index contributed by atoms with van der Waals surface area (Å²) in [7, 11) is 1.64. The van der Waals surface area contributed by atoms with Crippen molar-refractivity contribution in [1.29, 1.82) is 0 Å². The molecule has 96 valence electrons. The van der Waals surface area contributed by atoms with Crippen molar-refractivity contribution in [2.75, 3.05) is 0 Å². The molecule has 1 aromatic rings. The summed E-state index contributed by atoms with van der Waals surface area (Å²) < 4.78 is 41.9. The average Bonchev–Trinajstić information content (AvgIpc) is 2.76. The first-order valence-corrected chi connectivity index (χ1v) is 5.50. The molecule has 19 heavy (non-hydrogen) atoms. The van der Waals surface area contributed by atoms with Crippen LogP contribution in [0, 0.1) is 17.5 Å². The van der Waals surface area contributed by atoms with Crippen LogP contribution >= 0.6 is 0 Å². The van der Waals surface area contributed by atoms with E-state index in [4.69, 9.17) is 0 Å². The van der Waals surface area contributed by atoms with Crippen LogP contribution in [0.25, 0.3) is 22.8 Å². The zero-order chi connectivity index (χ0) is 13.6. The van der Waals surface area contributed by atoms with Crippen molar-refractivity contribution < 1.29 is 13.2 Å². The molecular weight excluding hydrogens is 255 g/mol. The van der Waals surface area contributed by atoms with Gasteiger partial charge in [0, 0.05) is 19.4 Å². The number of hydrogen-bond donors (Lipinski definition) is 0. The van der Waals surface area contributed by atoms with Crippen LogP contribution < -0.4 is 0 Å². The molecule has 0 fully saturated rings. The lowest BCUT2D eigenvalue weighted by Crippen LogP contribution is -1.95. The van der Waals surface area contributed by atoms with Gasteiger partial charge in [-0.25, -0.2) is 23.1 Å². The molecule has 0 aromatic heterocycles. The molecule has 1 aromatic carbocycles. The second-order valence-electron chi connectivity index (χ2n) is 4.15. The molecule has 0 radical (unpaired) electrons. The van der Waals surface area contributed by atoms with Crippen molar-refractivity contribution in [3.63, 3.8) is 0 Å². The van der Waals surface area contributed by atoms with Crippen molar-refractivity contribution in [3.8, 4) is 22.8 Å². The molecule has 0 unspecified atom stereocenters. The van der Waals surface area contributed by atoms with Gasteiger partial charge in [0.25, 0.3) is 0 Å². The van der Waals surface area contributed by atoms with Gasteiger partial charge < -0.3 is 4.57 Å². The summed E-state index contributed by atoms with van der Waals surface area (Å²) in [5, 5.41) is 0. The zero-order valence-electron chi connectivity index (χ0n) is 9.86. The summed E-state index contributed by atoms with van der Waals surface area (Å²) in [6.07, 6.45) is 2.80. The predicted octanol–water partition coefficient (Wildman–Crippen LogP) is 3.00. The molecule has 0 N–H and O–H groups in total. The lowest BCUT2D eigenvalue weighted by molar-refractivity contribution is 0.510. The van der Waals surface area contributed by atoms with E-state index in [-0.39, 0.29) is 17.1 Å². The summed E-state index contributed by atoms with van der Waals surface area (Å²) in [5.41, 5.74) is 0.246. The number of hydrogen-bond acceptors (Lipinski definition) is 2. The molecule has 3 rings (SSSR count). The fourth-order valence-electron chi connectivity index (χ4n) is 1.89. The quantitative estimate of drug-likeness (QED) is 0.675. The van der Waals surface area contributed by atoms with Crippen LogP contribution in [0.5, 0.6) is 0 Å². The Kier molecular flexibility index (Phi) is 2.51. The van der Waals surface area contributed by atoms with Gasteiger partial charge in [-0.15, -0.1) is 0 Å². The standard InChI is InChI=1S/C13H8F3N3/c1-19-5-9(15)12-10(6-19)17-13(18-12)7-3-2-4-8(14)11(7)16/h2-6H,1H3. The number of nitrogens with zero attached hydrogens (tertiary/aromatic N) is 3. The van der Waals surface area contributed by atoms with Crippen LogP contribution in [0.3, 0.4) is 0 Å². The largest absolute Gasteiger partial charge is 0.352 e. The third kappa shape index (κ3) is 1.85. The van der Waals surface area contributed by atoms with Gasteiger partial charge in [0.15, 0.2) is 23.3 Å². The van der Waals surface area contributed by atoms with Gasteiger partial charge in [-0.3, -0.25) is 0 Å². The maximum absolute atomic E-state index is 13.7. The summed E-state index contributed by atoms with van der Waals surface area (Å²) in [6.45, 7) is 0. The lowest BCUT2D eigenvalue weighted by Gasteiger charge is -2.01. The van der Waals surface area contributed by atoms with E-state index in [2.05, 4.69) is 9.97 Å². The van der Waals surface area contributed by atoms with Gasteiger partial charge in [0.05, 0.1) is 5.56 Å². The SMILES string of the molecule is Cn1cc2nc(-c3cccc(F)c3F)nc-2c(F)c1.